The number of likely N-dealkylation sites (tertiary alicyclic amines) is 2. The van der Waals surface area contributed by atoms with Gasteiger partial charge in [0.25, 0.3) is 0 Å². The fourth-order valence-corrected chi connectivity index (χ4v) is 3.53. The lowest BCUT2D eigenvalue weighted by Crippen LogP contribution is -2.44. The van der Waals surface area contributed by atoms with Crippen LogP contribution in [0.5, 0.6) is 0 Å². The number of piperidine rings is 1. The van der Waals surface area contributed by atoms with E-state index >= 15 is 0 Å². The van der Waals surface area contributed by atoms with Gasteiger partial charge in [0.1, 0.15) is 0 Å². The van der Waals surface area contributed by atoms with E-state index in [1.807, 2.05) is 0 Å². The Balaban J connectivity index is 2.04. The molecule has 0 aromatic rings. The number of hydrogen-bond donors (Lipinski definition) is 1. The summed E-state index contributed by atoms with van der Waals surface area (Å²) in [6.45, 7) is 7.11. The number of aliphatic carboxylic acids is 1. The minimum atomic E-state index is -0.585. The third-order valence-corrected chi connectivity index (χ3v) is 4.83. The summed E-state index contributed by atoms with van der Waals surface area (Å²) in [5, 5.41) is 9.50. The third kappa shape index (κ3) is 2.69. The Morgan fingerprint density at radius 3 is 2.61 bits per heavy atom. The molecular weight excluding hydrogens is 228 g/mol. The zero-order chi connectivity index (χ0) is 13.2. The first-order chi connectivity index (χ1) is 8.57. The van der Waals surface area contributed by atoms with Gasteiger partial charge in [-0.1, -0.05) is 13.3 Å². The van der Waals surface area contributed by atoms with Gasteiger partial charge in [0.05, 0.1) is 5.92 Å². The summed E-state index contributed by atoms with van der Waals surface area (Å²) < 4.78 is 0. The lowest BCUT2D eigenvalue weighted by Gasteiger charge is -2.40. The number of unbranched alkanes of at least 4 members (excludes halogenated alkanes) is 1. The minimum Gasteiger partial charge on any atom is -0.481 e. The number of carbonyl (C=O) groups is 1. The molecule has 2 saturated heterocycles. The molecule has 104 valence electrons. The van der Waals surface area contributed by atoms with Crippen molar-refractivity contribution in [2.24, 2.45) is 11.3 Å². The van der Waals surface area contributed by atoms with Crippen molar-refractivity contribution in [1.29, 1.82) is 0 Å². The van der Waals surface area contributed by atoms with Crippen molar-refractivity contribution in [1.82, 2.24) is 9.80 Å². The number of rotatable bonds is 4. The Hall–Kier alpha value is -0.610. The molecule has 1 spiro atoms. The number of hydrogen-bond acceptors (Lipinski definition) is 3. The van der Waals surface area contributed by atoms with Crippen LogP contribution in [0.3, 0.4) is 0 Å². The molecule has 4 nitrogen and oxygen atoms in total. The molecule has 0 bridgehead atoms. The highest BCUT2D eigenvalue weighted by Crippen LogP contribution is 2.44. The Bertz CT molecular complexity index is 298. The smallest absolute Gasteiger partial charge is 0.308 e. The molecule has 4 heteroatoms. The van der Waals surface area contributed by atoms with Gasteiger partial charge in [-0.3, -0.25) is 4.79 Å². The Morgan fingerprint density at radius 2 is 2.06 bits per heavy atom. The van der Waals surface area contributed by atoms with Gasteiger partial charge in [-0.15, -0.1) is 0 Å². The van der Waals surface area contributed by atoms with Crippen molar-refractivity contribution in [2.45, 2.75) is 32.6 Å². The van der Waals surface area contributed by atoms with Crippen molar-refractivity contribution in [3.63, 3.8) is 0 Å². The van der Waals surface area contributed by atoms with Crippen LogP contribution in [0.4, 0.5) is 0 Å². The van der Waals surface area contributed by atoms with Gasteiger partial charge in [-0.05, 0) is 45.9 Å². The van der Waals surface area contributed by atoms with Gasteiger partial charge in [-0.25, -0.2) is 0 Å². The zero-order valence-corrected chi connectivity index (χ0v) is 11.7. The van der Waals surface area contributed by atoms with E-state index in [-0.39, 0.29) is 11.3 Å². The Labute approximate surface area is 110 Å². The van der Waals surface area contributed by atoms with Gasteiger partial charge in [0.15, 0.2) is 0 Å². The summed E-state index contributed by atoms with van der Waals surface area (Å²) >= 11 is 0. The molecule has 0 radical (unpaired) electrons. The minimum absolute atomic E-state index is 0.0477. The molecule has 0 aromatic carbocycles. The molecule has 2 rings (SSSR count). The molecule has 0 saturated carbocycles. The molecule has 1 N–H and O–H groups in total. The molecule has 1 atom stereocenters. The van der Waals surface area contributed by atoms with Crippen LogP contribution in [0.25, 0.3) is 0 Å². The van der Waals surface area contributed by atoms with Crippen LogP contribution >= 0.6 is 0 Å². The molecule has 2 heterocycles. The monoisotopic (exact) mass is 254 g/mol. The van der Waals surface area contributed by atoms with Gasteiger partial charge in [-0.2, -0.15) is 0 Å². The van der Waals surface area contributed by atoms with Crippen molar-refractivity contribution >= 4 is 5.97 Å². The highest BCUT2D eigenvalue weighted by Gasteiger charge is 2.50. The quantitative estimate of drug-likeness (QED) is 0.826. The number of carboxylic acid groups (broad SMARTS) is 1. The third-order valence-electron chi connectivity index (χ3n) is 4.83. The van der Waals surface area contributed by atoms with Crippen LogP contribution < -0.4 is 0 Å². The molecule has 2 aliphatic rings. The predicted molar refractivity (Wildman–Crippen MR) is 71.6 cm³/mol. The molecule has 2 aliphatic heterocycles. The van der Waals surface area contributed by atoms with Crippen LogP contribution in [-0.2, 0) is 4.79 Å². The fraction of sp³-hybridized carbons (Fsp3) is 0.929. The molecule has 0 unspecified atom stereocenters. The van der Waals surface area contributed by atoms with E-state index in [0.717, 1.165) is 45.6 Å². The van der Waals surface area contributed by atoms with Crippen LogP contribution in [0, 0.1) is 11.3 Å². The SMILES string of the molecule is CCCCN1C[C@@H](C(=O)O)C2(CCN(C)CC2)C1. The fourth-order valence-electron chi connectivity index (χ4n) is 3.53. The summed E-state index contributed by atoms with van der Waals surface area (Å²) in [6, 6.07) is 0. The average molecular weight is 254 g/mol. The Kier molecular flexibility index (Phi) is 4.28. The van der Waals surface area contributed by atoms with Crippen LogP contribution in [0.1, 0.15) is 32.6 Å². The highest BCUT2D eigenvalue weighted by molar-refractivity contribution is 5.72. The molecule has 0 aromatic heterocycles. The number of carboxylic acids is 1. The van der Waals surface area contributed by atoms with E-state index in [4.69, 9.17) is 0 Å². The second-order valence-electron chi connectivity index (χ2n) is 6.15. The first kappa shape index (κ1) is 13.8. The van der Waals surface area contributed by atoms with Crippen molar-refractivity contribution in [3.8, 4) is 0 Å². The summed E-state index contributed by atoms with van der Waals surface area (Å²) in [5.74, 6) is -0.735. The topological polar surface area (TPSA) is 43.8 Å². The van der Waals surface area contributed by atoms with Crippen LogP contribution in [0.15, 0.2) is 0 Å². The van der Waals surface area contributed by atoms with Gasteiger partial charge in [0, 0.05) is 18.5 Å². The summed E-state index contributed by atoms with van der Waals surface area (Å²) in [5.41, 5.74) is 0.0477. The maximum Gasteiger partial charge on any atom is 0.308 e. The summed E-state index contributed by atoms with van der Waals surface area (Å²) in [4.78, 5) is 16.2. The van der Waals surface area contributed by atoms with E-state index < -0.39 is 5.97 Å². The average Bonchev–Trinajstić information content (AvgIpc) is 2.70. The van der Waals surface area contributed by atoms with Crippen molar-refractivity contribution in [2.75, 3.05) is 39.8 Å². The van der Waals surface area contributed by atoms with Gasteiger partial charge in [0.2, 0.25) is 0 Å². The zero-order valence-electron chi connectivity index (χ0n) is 11.7. The van der Waals surface area contributed by atoms with Crippen molar-refractivity contribution in [3.05, 3.63) is 0 Å². The maximum absolute atomic E-state index is 11.5. The molecular formula is C14H26N2O2. The first-order valence-corrected chi connectivity index (χ1v) is 7.21. The van der Waals surface area contributed by atoms with Gasteiger partial charge < -0.3 is 14.9 Å². The largest absolute Gasteiger partial charge is 0.481 e. The van der Waals surface area contributed by atoms with Crippen LogP contribution in [0.2, 0.25) is 0 Å². The second kappa shape index (κ2) is 5.57. The lowest BCUT2D eigenvalue weighted by molar-refractivity contribution is -0.145. The molecule has 0 aliphatic carbocycles. The Morgan fingerprint density at radius 1 is 1.39 bits per heavy atom. The summed E-state index contributed by atoms with van der Waals surface area (Å²) in [7, 11) is 2.13. The molecule has 2 fully saturated rings. The molecule has 0 amide bonds. The normalized spacial score (nSPS) is 28.9. The van der Waals surface area contributed by atoms with E-state index in [0.29, 0.717) is 0 Å². The van der Waals surface area contributed by atoms with E-state index in [1.165, 1.54) is 12.8 Å². The lowest BCUT2D eigenvalue weighted by atomic mass is 9.71. The van der Waals surface area contributed by atoms with Crippen LogP contribution in [-0.4, -0.2) is 60.6 Å². The second-order valence-corrected chi connectivity index (χ2v) is 6.15. The standard InChI is InChI=1S/C14H26N2O2/c1-3-4-7-16-10-12(13(17)18)14(11-16)5-8-15(2)9-6-14/h12H,3-11H2,1-2H3,(H,17,18)/t12-/m0/s1. The van der Waals surface area contributed by atoms with Crippen molar-refractivity contribution < 1.29 is 9.90 Å². The molecule has 18 heavy (non-hydrogen) atoms. The number of nitrogens with zero attached hydrogens (tertiary/aromatic N) is 2. The first-order valence-electron chi connectivity index (χ1n) is 7.21. The summed E-state index contributed by atoms with van der Waals surface area (Å²) in [6.07, 6.45) is 4.46. The van der Waals surface area contributed by atoms with E-state index in [9.17, 15) is 9.90 Å². The maximum atomic E-state index is 11.5. The highest BCUT2D eigenvalue weighted by atomic mass is 16.4. The van der Waals surface area contributed by atoms with E-state index in [1.54, 1.807) is 0 Å². The predicted octanol–water partition coefficient (Wildman–Crippen LogP) is 1.51. The van der Waals surface area contributed by atoms with Gasteiger partial charge >= 0.3 is 5.97 Å². The van der Waals surface area contributed by atoms with E-state index in [2.05, 4.69) is 23.8 Å².